The number of fused-ring (bicyclic) bond motifs is 1. The Kier molecular flexibility index (Phi) is 14.2. The molecule has 1 unspecified atom stereocenters. The first-order valence-corrected chi connectivity index (χ1v) is 7.11. The number of ether oxygens (including phenoxy) is 1. The fraction of sp³-hybridized carbons (Fsp3) is 0.625. The highest BCUT2D eigenvalue weighted by Gasteiger charge is 2.13. The van der Waals surface area contributed by atoms with Crippen LogP contribution in [0.3, 0.4) is 0 Å². The van der Waals surface area contributed by atoms with Crippen molar-refractivity contribution in [3.05, 3.63) is 29.8 Å². The van der Waals surface area contributed by atoms with Crippen LogP contribution < -0.4 is 4.74 Å². The lowest BCUT2D eigenvalue weighted by Crippen LogP contribution is -2.18. The molecule has 1 nitrogen and oxygen atoms in total. The summed E-state index contributed by atoms with van der Waals surface area (Å²) in [4.78, 5) is 0. The van der Waals surface area contributed by atoms with Gasteiger partial charge in [-0.25, -0.2) is 0 Å². The van der Waals surface area contributed by atoms with Crippen molar-refractivity contribution in [2.24, 2.45) is 0 Å². The molecule has 1 atom stereocenters. The highest BCUT2D eigenvalue weighted by atomic mass is 16.5. The summed E-state index contributed by atoms with van der Waals surface area (Å²) in [5.74, 6) is 1.08. The van der Waals surface area contributed by atoms with Gasteiger partial charge in [0.1, 0.15) is 5.75 Å². The summed E-state index contributed by atoms with van der Waals surface area (Å²) in [7, 11) is 0. The molecule has 0 radical (unpaired) electrons. The third kappa shape index (κ3) is 7.04. The maximum atomic E-state index is 5.63. The van der Waals surface area contributed by atoms with E-state index in [0.717, 1.165) is 18.6 Å². The number of hydrogen-bond acceptors (Lipinski definition) is 1. The maximum absolute atomic E-state index is 5.63. The predicted molar refractivity (Wildman–Crippen MR) is 78.9 cm³/mol. The van der Waals surface area contributed by atoms with E-state index in [4.69, 9.17) is 4.74 Å². The Bertz CT molecular complexity index is 255. The van der Waals surface area contributed by atoms with Crippen LogP contribution in [-0.2, 0) is 6.42 Å². The molecule has 0 saturated heterocycles. The average molecular weight is 238 g/mol. The smallest absolute Gasteiger partial charge is 0.122 e. The number of rotatable bonds is 0. The van der Waals surface area contributed by atoms with Gasteiger partial charge < -0.3 is 4.74 Å². The van der Waals surface area contributed by atoms with Crippen molar-refractivity contribution < 1.29 is 4.74 Å². The van der Waals surface area contributed by atoms with Gasteiger partial charge in [0.15, 0.2) is 0 Å². The standard InChI is InChI=1S/C10H12O.3C2H6/c1-8-6-7-9-4-2-3-5-10(9)11-8;3*1-2/h2-5,8H,6-7H2,1H3;3*1-2H3. The van der Waals surface area contributed by atoms with Crippen molar-refractivity contribution in [3.63, 3.8) is 0 Å². The van der Waals surface area contributed by atoms with Crippen molar-refractivity contribution >= 4 is 0 Å². The maximum Gasteiger partial charge on any atom is 0.122 e. The van der Waals surface area contributed by atoms with Gasteiger partial charge in [0, 0.05) is 0 Å². The first-order chi connectivity index (χ1) is 8.36. The second kappa shape index (κ2) is 13.1. The minimum atomic E-state index is 0.393. The zero-order valence-corrected chi connectivity index (χ0v) is 12.7. The Morgan fingerprint density at radius 3 is 2.06 bits per heavy atom. The zero-order valence-electron chi connectivity index (χ0n) is 12.7. The molecule has 0 amide bonds. The highest BCUT2D eigenvalue weighted by molar-refractivity contribution is 5.34. The van der Waals surface area contributed by atoms with Gasteiger partial charge in [0.2, 0.25) is 0 Å². The SMILES string of the molecule is CC.CC.CC.CC1CCc2ccccc2O1. The Morgan fingerprint density at radius 2 is 1.47 bits per heavy atom. The topological polar surface area (TPSA) is 9.23 Å². The quantitative estimate of drug-likeness (QED) is 0.581. The van der Waals surface area contributed by atoms with Gasteiger partial charge >= 0.3 is 0 Å². The Balaban J connectivity index is 0. The van der Waals surface area contributed by atoms with Crippen LogP contribution in [0.4, 0.5) is 0 Å². The normalized spacial score (nSPS) is 15.4. The molecule has 1 aromatic carbocycles. The van der Waals surface area contributed by atoms with Crippen molar-refractivity contribution in [2.75, 3.05) is 0 Å². The fourth-order valence-corrected chi connectivity index (χ4v) is 1.46. The third-order valence-electron chi connectivity index (χ3n) is 2.12. The molecular formula is C16H30O. The summed E-state index contributed by atoms with van der Waals surface area (Å²) in [6, 6.07) is 8.28. The summed E-state index contributed by atoms with van der Waals surface area (Å²) in [5, 5.41) is 0. The number of aryl methyl sites for hydroxylation is 1. The molecular weight excluding hydrogens is 208 g/mol. The van der Waals surface area contributed by atoms with Crippen LogP contribution in [0.5, 0.6) is 5.75 Å². The molecule has 17 heavy (non-hydrogen) atoms. The van der Waals surface area contributed by atoms with E-state index < -0.39 is 0 Å². The van der Waals surface area contributed by atoms with Crippen LogP contribution in [0.2, 0.25) is 0 Å². The molecule has 2 rings (SSSR count). The first kappa shape index (κ1) is 18.4. The van der Waals surface area contributed by atoms with Crippen LogP contribution in [0.1, 0.15) is 60.5 Å². The van der Waals surface area contributed by atoms with Crippen molar-refractivity contribution in [1.82, 2.24) is 0 Å². The average Bonchev–Trinajstić information content (AvgIpc) is 2.45. The summed E-state index contributed by atoms with van der Waals surface area (Å²) in [6.45, 7) is 14.1. The van der Waals surface area contributed by atoms with Crippen LogP contribution >= 0.6 is 0 Å². The van der Waals surface area contributed by atoms with Gasteiger partial charge in [-0.3, -0.25) is 0 Å². The summed E-state index contributed by atoms with van der Waals surface area (Å²) in [6.07, 6.45) is 2.71. The van der Waals surface area contributed by atoms with E-state index in [1.54, 1.807) is 0 Å². The molecule has 0 saturated carbocycles. The van der Waals surface area contributed by atoms with Gasteiger partial charge in [-0.05, 0) is 31.4 Å². The van der Waals surface area contributed by atoms with Crippen molar-refractivity contribution in [1.29, 1.82) is 0 Å². The van der Waals surface area contributed by atoms with E-state index in [1.165, 1.54) is 5.56 Å². The second-order valence-corrected chi connectivity index (χ2v) is 3.07. The van der Waals surface area contributed by atoms with Gasteiger partial charge in [0.05, 0.1) is 6.10 Å². The summed E-state index contributed by atoms with van der Waals surface area (Å²) in [5.41, 5.74) is 1.35. The first-order valence-electron chi connectivity index (χ1n) is 7.11. The van der Waals surface area contributed by atoms with Crippen molar-refractivity contribution in [3.8, 4) is 5.75 Å². The molecule has 0 fully saturated rings. The molecule has 100 valence electrons. The number of para-hydroxylation sites is 1. The van der Waals surface area contributed by atoms with Gasteiger partial charge in [0.25, 0.3) is 0 Å². The third-order valence-corrected chi connectivity index (χ3v) is 2.12. The number of hydrogen-bond donors (Lipinski definition) is 0. The van der Waals surface area contributed by atoms with Crippen LogP contribution in [-0.4, -0.2) is 6.10 Å². The van der Waals surface area contributed by atoms with Crippen molar-refractivity contribution in [2.45, 2.75) is 67.4 Å². The van der Waals surface area contributed by atoms with E-state index in [-0.39, 0.29) is 0 Å². The van der Waals surface area contributed by atoms with Gasteiger partial charge in [-0.2, -0.15) is 0 Å². The Morgan fingerprint density at radius 1 is 0.941 bits per heavy atom. The minimum absolute atomic E-state index is 0.393. The molecule has 1 heterocycles. The van der Waals surface area contributed by atoms with Crippen LogP contribution in [0, 0.1) is 0 Å². The van der Waals surface area contributed by atoms with E-state index in [9.17, 15) is 0 Å². The molecule has 1 heteroatoms. The Hall–Kier alpha value is -0.980. The zero-order chi connectivity index (χ0) is 13.7. The highest BCUT2D eigenvalue weighted by Crippen LogP contribution is 2.26. The second-order valence-electron chi connectivity index (χ2n) is 3.07. The molecule has 0 N–H and O–H groups in total. The lowest BCUT2D eigenvalue weighted by Gasteiger charge is -2.22. The van der Waals surface area contributed by atoms with E-state index in [0.29, 0.717) is 6.10 Å². The van der Waals surface area contributed by atoms with E-state index >= 15 is 0 Å². The molecule has 0 spiro atoms. The largest absolute Gasteiger partial charge is 0.490 e. The van der Waals surface area contributed by atoms with Gasteiger partial charge in [-0.15, -0.1) is 0 Å². The molecule has 1 aliphatic rings. The molecule has 0 aromatic heterocycles. The molecule has 1 aliphatic heterocycles. The summed E-state index contributed by atoms with van der Waals surface area (Å²) >= 11 is 0. The van der Waals surface area contributed by atoms with E-state index in [1.807, 2.05) is 53.7 Å². The van der Waals surface area contributed by atoms with Gasteiger partial charge in [-0.1, -0.05) is 59.7 Å². The Labute approximate surface area is 108 Å². The van der Waals surface area contributed by atoms with Crippen LogP contribution in [0.15, 0.2) is 24.3 Å². The molecule has 1 aromatic rings. The summed E-state index contributed by atoms with van der Waals surface area (Å²) < 4.78 is 5.63. The fourth-order valence-electron chi connectivity index (χ4n) is 1.46. The predicted octanol–water partition coefficient (Wildman–Crippen LogP) is 5.48. The molecule has 0 bridgehead atoms. The monoisotopic (exact) mass is 238 g/mol. The van der Waals surface area contributed by atoms with E-state index in [2.05, 4.69) is 19.1 Å². The minimum Gasteiger partial charge on any atom is -0.490 e. The molecule has 0 aliphatic carbocycles. The van der Waals surface area contributed by atoms with Crippen LogP contribution in [0.25, 0.3) is 0 Å². The lowest BCUT2D eigenvalue weighted by molar-refractivity contribution is 0.192. The number of benzene rings is 1. The lowest BCUT2D eigenvalue weighted by atomic mass is 10.0.